The Bertz CT molecular complexity index is 1510. The molecule has 0 radical (unpaired) electrons. The molecule has 0 aliphatic rings. The van der Waals surface area contributed by atoms with E-state index in [0.29, 0.717) is 29.2 Å². The molecule has 4 rings (SSSR count). The fourth-order valence-corrected chi connectivity index (χ4v) is 4.65. The third kappa shape index (κ3) is 6.54. The molecule has 0 spiro atoms. The first-order chi connectivity index (χ1) is 18.0. The summed E-state index contributed by atoms with van der Waals surface area (Å²) < 4.78 is 18.6. The second-order valence-electron chi connectivity index (χ2n) is 8.61. The van der Waals surface area contributed by atoms with Crippen LogP contribution >= 0.6 is 11.3 Å². The molecule has 0 aliphatic heterocycles. The number of fused-ring (bicyclic) bond motifs is 1. The van der Waals surface area contributed by atoms with Crippen LogP contribution in [0.15, 0.2) is 52.1 Å². The monoisotopic (exact) mass is 521 g/mol. The zero-order valence-corrected chi connectivity index (χ0v) is 22.2. The molecule has 4 aromatic rings. The number of nitrogens with zero attached hydrogens (tertiary/aromatic N) is 3. The van der Waals surface area contributed by atoms with Crippen LogP contribution in [-0.4, -0.2) is 34.9 Å². The van der Waals surface area contributed by atoms with Crippen LogP contribution in [0.4, 0.5) is 0 Å². The molecule has 9 heteroatoms. The Hall–Kier alpha value is -3.72. The number of thiazole rings is 1. The van der Waals surface area contributed by atoms with E-state index in [1.165, 1.54) is 4.52 Å². The van der Waals surface area contributed by atoms with Gasteiger partial charge in [-0.25, -0.2) is 0 Å². The molecule has 0 fully saturated rings. The molecule has 2 aromatic heterocycles. The van der Waals surface area contributed by atoms with Crippen molar-refractivity contribution in [2.24, 2.45) is 0 Å². The molecule has 0 saturated carbocycles. The molecule has 0 bridgehead atoms. The van der Waals surface area contributed by atoms with Crippen molar-refractivity contribution >= 4 is 22.4 Å². The first kappa shape index (κ1) is 26.3. The van der Waals surface area contributed by atoms with E-state index in [-0.39, 0.29) is 22.6 Å². The first-order valence-corrected chi connectivity index (χ1v) is 13.3. The van der Waals surface area contributed by atoms with E-state index in [4.69, 9.17) is 14.2 Å². The van der Waals surface area contributed by atoms with Crippen molar-refractivity contribution in [1.82, 2.24) is 14.6 Å². The lowest BCUT2D eigenvalue weighted by atomic mass is 10.1. The first-order valence-electron chi connectivity index (χ1n) is 12.5. The van der Waals surface area contributed by atoms with E-state index >= 15 is 0 Å². The molecular weight excluding hydrogens is 490 g/mol. The molecule has 0 atom stereocenters. The Balaban J connectivity index is 1.59. The number of aromatic nitrogens is 3. The van der Waals surface area contributed by atoms with Gasteiger partial charge in [0.1, 0.15) is 11.4 Å². The zero-order chi connectivity index (χ0) is 26.2. The third-order valence-corrected chi connectivity index (χ3v) is 6.67. The van der Waals surface area contributed by atoms with Crippen molar-refractivity contribution in [2.45, 2.75) is 46.0 Å². The highest BCUT2D eigenvalue weighted by Crippen LogP contribution is 2.28. The van der Waals surface area contributed by atoms with Crippen molar-refractivity contribution < 1.29 is 14.2 Å². The predicted octanol–water partition coefficient (Wildman–Crippen LogP) is 4.02. The average molecular weight is 522 g/mol. The Labute approximate surface area is 219 Å². The number of methoxy groups -OCH3 is 1. The van der Waals surface area contributed by atoms with Crippen molar-refractivity contribution in [3.63, 3.8) is 0 Å². The Kier molecular flexibility index (Phi) is 8.90. The molecule has 0 amide bonds. The van der Waals surface area contributed by atoms with Crippen molar-refractivity contribution in [3.8, 4) is 17.2 Å². The van der Waals surface area contributed by atoms with Crippen LogP contribution in [-0.2, 0) is 6.42 Å². The van der Waals surface area contributed by atoms with Gasteiger partial charge in [-0.1, -0.05) is 56.2 Å². The summed E-state index contributed by atoms with van der Waals surface area (Å²) in [5.74, 6) is 2.03. The molecular formula is C28H31N3O5S. The van der Waals surface area contributed by atoms with Gasteiger partial charge in [0.25, 0.3) is 11.1 Å². The normalized spacial score (nSPS) is 11.7. The Morgan fingerprint density at radius 1 is 0.946 bits per heavy atom. The SMILES string of the molecule is CCCCCOc1ccc(/C=c2\sc3nc(=O)c(Cc4ccc(OCCC)cc4)nn3c2=O)cc1OC. The van der Waals surface area contributed by atoms with Crippen LogP contribution in [0, 0.1) is 0 Å². The molecule has 0 unspecified atom stereocenters. The van der Waals surface area contributed by atoms with E-state index in [9.17, 15) is 9.59 Å². The summed E-state index contributed by atoms with van der Waals surface area (Å²) in [5, 5.41) is 4.34. The summed E-state index contributed by atoms with van der Waals surface area (Å²) in [6, 6.07) is 13.0. The van der Waals surface area contributed by atoms with Gasteiger partial charge in [-0.3, -0.25) is 9.59 Å². The summed E-state index contributed by atoms with van der Waals surface area (Å²) in [5.41, 5.74) is 1.11. The standard InChI is InChI=1S/C28H31N3O5S/c1-4-6-7-15-36-23-13-10-20(17-24(23)34-3)18-25-27(33)31-28(37-25)29-26(32)22(30-31)16-19-8-11-21(12-9-19)35-14-5-2/h8-13,17-18H,4-7,14-16H2,1-3H3/b25-18-. The van der Waals surface area contributed by atoms with Crippen LogP contribution in [0.5, 0.6) is 17.2 Å². The zero-order valence-electron chi connectivity index (χ0n) is 21.4. The fourth-order valence-electron chi connectivity index (χ4n) is 3.75. The van der Waals surface area contributed by atoms with Gasteiger partial charge in [-0.15, -0.1) is 0 Å². The molecule has 2 aromatic carbocycles. The number of benzene rings is 2. The highest BCUT2D eigenvalue weighted by atomic mass is 32.1. The number of hydrogen-bond donors (Lipinski definition) is 0. The van der Waals surface area contributed by atoms with Gasteiger partial charge in [0.2, 0.25) is 4.96 Å². The van der Waals surface area contributed by atoms with Crippen molar-refractivity contribution in [1.29, 1.82) is 0 Å². The van der Waals surface area contributed by atoms with Gasteiger partial charge in [-0.2, -0.15) is 14.6 Å². The molecule has 2 heterocycles. The summed E-state index contributed by atoms with van der Waals surface area (Å²) >= 11 is 1.13. The minimum absolute atomic E-state index is 0.215. The third-order valence-electron chi connectivity index (χ3n) is 5.71. The average Bonchev–Trinajstić information content (AvgIpc) is 3.20. The Morgan fingerprint density at radius 3 is 2.49 bits per heavy atom. The summed E-state index contributed by atoms with van der Waals surface area (Å²) in [6.07, 6.45) is 6.16. The number of rotatable bonds is 12. The topological polar surface area (TPSA) is 92.0 Å². The number of ether oxygens (including phenoxy) is 3. The van der Waals surface area contributed by atoms with Crippen LogP contribution < -0.4 is 29.9 Å². The van der Waals surface area contributed by atoms with E-state index < -0.39 is 5.56 Å². The summed E-state index contributed by atoms with van der Waals surface area (Å²) in [7, 11) is 1.59. The van der Waals surface area contributed by atoms with Crippen LogP contribution in [0.3, 0.4) is 0 Å². The lowest BCUT2D eigenvalue weighted by Gasteiger charge is -2.11. The highest BCUT2D eigenvalue weighted by Gasteiger charge is 2.12. The van der Waals surface area contributed by atoms with Gasteiger partial charge in [0, 0.05) is 6.42 Å². The van der Waals surface area contributed by atoms with Crippen molar-refractivity contribution in [3.05, 3.63) is 84.5 Å². The van der Waals surface area contributed by atoms with Gasteiger partial charge in [0.05, 0.1) is 24.9 Å². The minimum Gasteiger partial charge on any atom is -0.494 e. The largest absolute Gasteiger partial charge is 0.494 e. The quantitative estimate of drug-likeness (QED) is 0.260. The Morgan fingerprint density at radius 2 is 1.76 bits per heavy atom. The maximum atomic E-state index is 13.1. The second-order valence-corrected chi connectivity index (χ2v) is 9.62. The van der Waals surface area contributed by atoms with Crippen molar-refractivity contribution in [2.75, 3.05) is 20.3 Å². The van der Waals surface area contributed by atoms with Gasteiger partial charge in [0.15, 0.2) is 11.5 Å². The fraction of sp³-hybridized carbons (Fsp3) is 0.357. The van der Waals surface area contributed by atoms with Gasteiger partial charge in [-0.05, 0) is 54.3 Å². The molecule has 0 N–H and O–H groups in total. The van der Waals surface area contributed by atoms with Gasteiger partial charge < -0.3 is 14.2 Å². The molecule has 0 saturated heterocycles. The van der Waals surface area contributed by atoms with Crippen LogP contribution in [0.1, 0.15) is 56.4 Å². The number of unbranched alkanes of at least 4 members (excludes halogenated alkanes) is 2. The van der Waals surface area contributed by atoms with E-state index in [1.807, 2.05) is 49.4 Å². The molecule has 8 nitrogen and oxygen atoms in total. The highest BCUT2D eigenvalue weighted by molar-refractivity contribution is 7.15. The van der Waals surface area contributed by atoms with Gasteiger partial charge >= 0.3 is 0 Å². The van der Waals surface area contributed by atoms with Crippen LogP contribution in [0.2, 0.25) is 0 Å². The smallest absolute Gasteiger partial charge is 0.296 e. The number of hydrogen-bond acceptors (Lipinski definition) is 8. The second kappa shape index (κ2) is 12.5. The summed E-state index contributed by atoms with van der Waals surface area (Å²) in [6.45, 7) is 5.47. The van der Waals surface area contributed by atoms with E-state index in [2.05, 4.69) is 17.0 Å². The van der Waals surface area contributed by atoms with Crippen LogP contribution in [0.25, 0.3) is 11.0 Å². The lowest BCUT2D eigenvalue weighted by molar-refractivity contribution is 0.286. The predicted molar refractivity (Wildman–Crippen MR) is 145 cm³/mol. The molecule has 0 aliphatic carbocycles. The maximum Gasteiger partial charge on any atom is 0.296 e. The van der Waals surface area contributed by atoms with E-state index in [1.54, 1.807) is 13.2 Å². The summed E-state index contributed by atoms with van der Waals surface area (Å²) in [4.78, 5) is 30.1. The molecule has 37 heavy (non-hydrogen) atoms. The van der Waals surface area contributed by atoms with E-state index in [0.717, 1.165) is 53.9 Å². The maximum absolute atomic E-state index is 13.1. The lowest BCUT2D eigenvalue weighted by Crippen LogP contribution is -2.28. The minimum atomic E-state index is -0.439. The molecule has 194 valence electrons.